The minimum atomic E-state index is -0.952. The van der Waals surface area contributed by atoms with E-state index in [4.69, 9.17) is 23.2 Å². The standard InChI is InChI=1S/C13H6BrCl2F2NO/c14-8-2-1-6(3-9(8)15)13(20)19-12-10(16)4-7(17)5-11(12)18/h1-5H,(H,19,20). The highest BCUT2D eigenvalue weighted by molar-refractivity contribution is 9.10. The van der Waals surface area contributed by atoms with Gasteiger partial charge in [0.15, 0.2) is 5.82 Å². The van der Waals surface area contributed by atoms with Crippen LogP contribution in [-0.2, 0) is 0 Å². The molecular weight excluding hydrogens is 375 g/mol. The molecule has 0 atom stereocenters. The molecule has 2 aromatic carbocycles. The molecular formula is C13H6BrCl2F2NO. The Kier molecular flexibility index (Phi) is 4.62. The second kappa shape index (κ2) is 6.08. The molecule has 0 radical (unpaired) electrons. The average Bonchev–Trinajstić information content (AvgIpc) is 2.36. The van der Waals surface area contributed by atoms with Gasteiger partial charge in [0.2, 0.25) is 0 Å². The molecule has 0 saturated carbocycles. The first-order chi connectivity index (χ1) is 9.38. The maximum Gasteiger partial charge on any atom is 0.255 e. The number of amides is 1. The zero-order chi connectivity index (χ0) is 14.9. The third kappa shape index (κ3) is 3.29. The molecule has 2 nitrogen and oxygen atoms in total. The number of nitrogens with one attached hydrogen (secondary N) is 1. The Bertz CT molecular complexity index is 671. The van der Waals surface area contributed by atoms with Crippen LogP contribution in [0.25, 0.3) is 0 Å². The van der Waals surface area contributed by atoms with Crippen molar-refractivity contribution in [1.82, 2.24) is 0 Å². The molecule has 2 rings (SSSR count). The topological polar surface area (TPSA) is 29.1 Å². The van der Waals surface area contributed by atoms with Crippen molar-refractivity contribution in [1.29, 1.82) is 0 Å². The summed E-state index contributed by atoms with van der Waals surface area (Å²) in [6.45, 7) is 0. The van der Waals surface area contributed by atoms with E-state index < -0.39 is 17.5 Å². The first-order valence-electron chi connectivity index (χ1n) is 5.29. The first kappa shape index (κ1) is 15.2. The van der Waals surface area contributed by atoms with Gasteiger partial charge >= 0.3 is 0 Å². The van der Waals surface area contributed by atoms with Crippen molar-refractivity contribution in [2.24, 2.45) is 0 Å². The van der Waals surface area contributed by atoms with Crippen LogP contribution in [0.2, 0.25) is 10.0 Å². The Hall–Kier alpha value is -1.17. The van der Waals surface area contributed by atoms with Gasteiger partial charge in [-0.25, -0.2) is 8.78 Å². The minimum absolute atomic E-state index is 0.220. The van der Waals surface area contributed by atoms with E-state index in [0.29, 0.717) is 15.6 Å². The monoisotopic (exact) mass is 379 g/mol. The van der Waals surface area contributed by atoms with E-state index in [0.717, 1.165) is 6.07 Å². The molecule has 2 aromatic rings. The largest absolute Gasteiger partial charge is 0.318 e. The average molecular weight is 381 g/mol. The molecule has 20 heavy (non-hydrogen) atoms. The zero-order valence-electron chi connectivity index (χ0n) is 9.68. The lowest BCUT2D eigenvalue weighted by Gasteiger charge is -2.09. The first-order valence-corrected chi connectivity index (χ1v) is 6.84. The van der Waals surface area contributed by atoms with Crippen LogP contribution in [0.1, 0.15) is 10.4 Å². The fourth-order valence-electron chi connectivity index (χ4n) is 1.48. The van der Waals surface area contributed by atoms with Crippen molar-refractivity contribution in [2.45, 2.75) is 0 Å². The number of anilines is 1. The SMILES string of the molecule is O=C(Nc1c(F)cc(F)cc1Cl)c1ccc(Br)c(Cl)c1. The van der Waals surface area contributed by atoms with Gasteiger partial charge in [-0.1, -0.05) is 23.2 Å². The van der Waals surface area contributed by atoms with Gasteiger partial charge < -0.3 is 5.32 Å². The molecule has 7 heteroatoms. The van der Waals surface area contributed by atoms with Crippen LogP contribution in [0.4, 0.5) is 14.5 Å². The molecule has 0 aromatic heterocycles. The predicted molar refractivity (Wildman–Crippen MR) is 78.5 cm³/mol. The van der Waals surface area contributed by atoms with Crippen LogP contribution in [-0.4, -0.2) is 5.91 Å². The van der Waals surface area contributed by atoms with Crippen molar-refractivity contribution >= 4 is 50.7 Å². The Morgan fingerprint density at radius 1 is 1.10 bits per heavy atom. The molecule has 1 amide bonds. The van der Waals surface area contributed by atoms with Crippen LogP contribution >= 0.6 is 39.1 Å². The number of carbonyl (C=O) groups is 1. The maximum absolute atomic E-state index is 13.6. The third-order valence-corrected chi connectivity index (χ3v) is 3.96. The molecule has 0 heterocycles. The highest BCUT2D eigenvalue weighted by Crippen LogP contribution is 2.28. The van der Waals surface area contributed by atoms with Crippen LogP contribution in [0.15, 0.2) is 34.8 Å². The molecule has 0 bridgehead atoms. The number of rotatable bonds is 2. The van der Waals surface area contributed by atoms with E-state index in [1.807, 2.05) is 0 Å². The summed E-state index contributed by atoms with van der Waals surface area (Å²) in [6, 6.07) is 6.04. The summed E-state index contributed by atoms with van der Waals surface area (Å²) < 4.78 is 27.1. The molecule has 1 N–H and O–H groups in total. The maximum atomic E-state index is 13.6. The number of hydrogen-bond acceptors (Lipinski definition) is 1. The molecule has 0 fully saturated rings. The lowest BCUT2D eigenvalue weighted by Crippen LogP contribution is -2.13. The van der Waals surface area contributed by atoms with Crippen LogP contribution in [0.3, 0.4) is 0 Å². The van der Waals surface area contributed by atoms with Crippen molar-refractivity contribution in [3.8, 4) is 0 Å². The van der Waals surface area contributed by atoms with Crippen molar-refractivity contribution < 1.29 is 13.6 Å². The molecule has 0 spiro atoms. The lowest BCUT2D eigenvalue weighted by molar-refractivity contribution is 0.102. The van der Waals surface area contributed by atoms with Crippen LogP contribution in [0, 0.1) is 11.6 Å². The quantitative estimate of drug-likeness (QED) is 0.753. The predicted octanol–water partition coefficient (Wildman–Crippen LogP) is 5.29. The van der Waals surface area contributed by atoms with Gasteiger partial charge in [0.25, 0.3) is 5.91 Å². The summed E-state index contributed by atoms with van der Waals surface area (Å²) in [5.41, 5.74) is -0.0601. The summed E-state index contributed by atoms with van der Waals surface area (Å²) in [5, 5.41) is 2.40. The van der Waals surface area contributed by atoms with Gasteiger partial charge in [-0.05, 0) is 40.2 Å². The molecule has 0 aliphatic rings. The van der Waals surface area contributed by atoms with Crippen molar-refractivity contribution in [3.63, 3.8) is 0 Å². The van der Waals surface area contributed by atoms with Gasteiger partial charge in [-0.3, -0.25) is 4.79 Å². The number of benzene rings is 2. The molecule has 0 aliphatic heterocycles. The second-order valence-corrected chi connectivity index (χ2v) is 5.50. The van der Waals surface area contributed by atoms with E-state index in [-0.39, 0.29) is 16.3 Å². The van der Waals surface area contributed by atoms with E-state index >= 15 is 0 Å². The van der Waals surface area contributed by atoms with E-state index in [1.165, 1.54) is 12.1 Å². The van der Waals surface area contributed by atoms with Gasteiger partial charge in [-0.2, -0.15) is 0 Å². The zero-order valence-corrected chi connectivity index (χ0v) is 12.8. The van der Waals surface area contributed by atoms with E-state index in [9.17, 15) is 13.6 Å². The molecule has 0 aliphatic carbocycles. The van der Waals surface area contributed by atoms with E-state index in [1.54, 1.807) is 6.07 Å². The second-order valence-electron chi connectivity index (χ2n) is 3.83. The van der Waals surface area contributed by atoms with Gasteiger partial charge in [0.1, 0.15) is 5.82 Å². The molecule has 104 valence electrons. The summed E-state index contributed by atoms with van der Waals surface area (Å²) >= 11 is 14.8. The van der Waals surface area contributed by atoms with Crippen molar-refractivity contribution in [3.05, 3.63) is 62.0 Å². The summed E-state index contributed by atoms with van der Waals surface area (Å²) in [4.78, 5) is 12.0. The fourth-order valence-corrected chi connectivity index (χ4v) is 2.15. The Balaban J connectivity index is 2.30. The van der Waals surface area contributed by atoms with Crippen LogP contribution < -0.4 is 5.32 Å². The van der Waals surface area contributed by atoms with Crippen molar-refractivity contribution in [2.75, 3.05) is 5.32 Å². The third-order valence-electron chi connectivity index (χ3n) is 2.43. The molecule has 0 saturated heterocycles. The lowest BCUT2D eigenvalue weighted by atomic mass is 10.2. The Morgan fingerprint density at radius 3 is 2.40 bits per heavy atom. The van der Waals surface area contributed by atoms with Gasteiger partial charge in [0, 0.05) is 16.1 Å². The number of hydrogen-bond donors (Lipinski definition) is 1. The fraction of sp³-hybridized carbons (Fsp3) is 0. The highest BCUT2D eigenvalue weighted by Gasteiger charge is 2.15. The highest BCUT2D eigenvalue weighted by atomic mass is 79.9. The van der Waals surface area contributed by atoms with E-state index in [2.05, 4.69) is 21.2 Å². The number of halogens is 5. The Labute approximate surface area is 131 Å². The Morgan fingerprint density at radius 2 is 1.80 bits per heavy atom. The summed E-state index contributed by atoms with van der Waals surface area (Å²) in [7, 11) is 0. The summed E-state index contributed by atoms with van der Waals surface area (Å²) in [6.07, 6.45) is 0. The smallest absolute Gasteiger partial charge is 0.255 e. The molecule has 0 unspecified atom stereocenters. The normalized spacial score (nSPS) is 10.4. The minimum Gasteiger partial charge on any atom is -0.318 e. The van der Waals surface area contributed by atoms with Gasteiger partial charge in [0.05, 0.1) is 15.7 Å². The number of carbonyl (C=O) groups excluding carboxylic acids is 1. The van der Waals surface area contributed by atoms with Crippen LogP contribution in [0.5, 0.6) is 0 Å². The van der Waals surface area contributed by atoms with Gasteiger partial charge in [-0.15, -0.1) is 0 Å². The summed E-state index contributed by atoms with van der Waals surface area (Å²) in [5.74, 6) is -2.38.